The molecule has 0 aliphatic rings. The third-order valence-electron chi connectivity index (χ3n) is 2.07. The van der Waals surface area contributed by atoms with Gasteiger partial charge >= 0.3 is 0 Å². The van der Waals surface area contributed by atoms with Crippen molar-refractivity contribution in [1.29, 1.82) is 0 Å². The second kappa shape index (κ2) is 5.50. The Morgan fingerprint density at radius 2 is 1.86 bits per heavy atom. The Morgan fingerprint density at radius 1 is 1.21 bits per heavy atom. The van der Waals surface area contributed by atoms with Crippen molar-refractivity contribution in [2.45, 2.75) is 19.6 Å². The molecule has 78 valence electrons. The highest BCUT2D eigenvalue weighted by Gasteiger charge is 2.02. The minimum Gasteiger partial charge on any atom is -0.497 e. The van der Waals surface area contributed by atoms with Crippen molar-refractivity contribution in [3.63, 3.8) is 0 Å². The third kappa shape index (κ3) is 2.92. The van der Waals surface area contributed by atoms with E-state index in [1.165, 1.54) is 0 Å². The second-order valence-corrected chi connectivity index (χ2v) is 3.01. The number of nitrogens with one attached hydrogen (secondary N) is 1. The van der Waals surface area contributed by atoms with Gasteiger partial charge in [0.2, 0.25) is 0 Å². The van der Waals surface area contributed by atoms with Crippen LogP contribution in [0.1, 0.15) is 13.3 Å². The van der Waals surface area contributed by atoms with Gasteiger partial charge in [-0.2, -0.15) is 0 Å². The molecule has 0 amide bonds. The lowest BCUT2D eigenvalue weighted by Gasteiger charge is -2.16. The van der Waals surface area contributed by atoms with Crippen molar-refractivity contribution in [3.05, 3.63) is 24.3 Å². The molecule has 0 spiro atoms. The topological polar surface area (TPSA) is 30.5 Å². The van der Waals surface area contributed by atoms with Gasteiger partial charge in [0, 0.05) is 12.8 Å². The molecule has 0 aromatic heterocycles. The molecule has 0 bridgehead atoms. The molecule has 14 heavy (non-hydrogen) atoms. The average Bonchev–Trinajstić information content (AvgIpc) is 2.26. The van der Waals surface area contributed by atoms with Crippen molar-refractivity contribution in [2.24, 2.45) is 0 Å². The van der Waals surface area contributed by atoms with Crippen molar-refractivity contribution >= 4 is 5.69 Å². The predicted octanol–water partition coefficient (Wildman–Crippen LogP) is 2.49. The van der Waals surface area contributed by atoms with Crippen molar-refractivity contribution in [2.75, 3.05) is 19.5 Å². The van der Waals surface area contributed by atoms with Gasteiger partial charge in [-0.25, -0.2) is 0 Å². The molecule has 0 aliphatic carbocycles. The Hall–Kier alpha value is -1.22. The molecular formula is C11H17NO2. The minimum atomic E-state index is 0.0726. The van der Waals surface area contributed by atoms with Crippen LogP contribution in [0.15, 0.2) is 24.3 Å². The lowest BCUT2D eigenvalue weighted by atomic mass is 10.3. The van der Waals surface area contributed by atoms with Gasteiger partial charge in [0.15, 0.2) is 0 Å². The summed E-state index contributed by atoms with van der Waals surface area (Å²) in [4.78, 5) is 0. The average molecular weight is 195 g/mol. The summed E-state index contributed by atoms with van der Waals surface area (Å²) in [5.74, 6) is 0.862. The number of ether oxygens (including phenoxy) is 2. The fourth-order valence-corrected chi connectivity index (χ4v) is 1.20. The summed E-state index contributed by atoms with van der Waals surface area (Å²) in [5.41, 5.74) is 1.04. The van der Waals surface area contributed by atoms with E-state index < -0.39 is 0 Å². The van der Waals surface area contributed by atoms with Crippen molar-refractivity contribution in [1.82, 2.24) is 0 Å². The first kappa shape index (κ1) is 10.9. The van der Waals surface area contributed by atoms with Crippen LogP contribution in [0.5, 0.6) is 5.75 Å². The third-order valence-corrected chi connectivity index (χ3v) is 2.07. The first-order chi connectivity index (χ1) is 6.80. The summed E-state index contributed by atoms with van der Waals surface area (Å²) in [6, 6.07) is 7.79. The molecule has 0 fully saturated rings. The molecule has 3 nitrogen and oxygen atoms in total. The van der Waals surface area contributed by atoms with Crippen LogP contribution in [0.3, 0.4) is 0 Å². The molecule has 1 aromatic carbocycles. The number of anilines is 1. The maximum atomic E-state index is 5.22. The van der Waals surface area contributed by atoms with Gasteiger partial charge in [0.05, 0.1) is 7.11 Å². The highest BCUT2D eigenvalue weighted by atomic mass is 16.5. The molecule has 0 saturated carbocycles. The van der Waals surface area contributed by atoms with E-state index in [-0.39, 0.29) is 6.23 Å². The lowest BCUT2D eigenvalue weighted by molar-refractivity contribution is 0.122. The van der Waals surface area contributed by atoms with Crippen LogP contribution in [-0.4, -0.2) is 20.4 Å². The smallest absolute Gasteiger partial charge is 0.127 e. The largest absolute Gasteiger partial charge is 0.497 e. The lowest BCUT2D eigenvalue weighted by Crippen LogP contribution is -2.20. The molecular weight excluding hydrogens is 178 g/mol. The van der Waals surface area contributed by atoms with Gasteiger partial charge < -0.3 is 14.8 Å². The molecule has 3 heteroatoms. The molecule has 0 heterocycles. The molecule has 0 saturated heterocycles. The number of hydrogen-bond donors (Lipinski definition) is 1. The highest BCUT2D eigenvalue weighted by molar-refractivity contribution is 5.46. The first-order valence-corrected chi connectivity index (χ1v) is 4.73. The van der Waals surface area contributed by atoms with E-state index in [1.54, 1.807) is 14.2 Å². The van der Waals surface area contributed by atoms with Crippen molar-refractivity contribution in [3.8, 4) is 5.75 Å². The first-order valence-electron chi connectivity index (χ1n) is 4.73. The van der Waals surface area contributed by atoms with E-state index in [0.29, 0.717) is 0 Å². The normalized spacial score (nSPS) is 12.2. The number of methoxy groups -OCH3 is 2. The number of hydrogen-bond acceptors (Lipinski definition) is 3. The van der Waals surface area contributed by atoms with Gasteiger partial charge in [-0.15, -0.1) is 0 Å². The van der Waals surface area contributed by atoms with Crippen LogP contribution >= 0.6 is 0 Å². The van der Waals surface area contributed by atoms with E-state index in [9.17, 15) is 0 Å². The SMILES string of the molecule is CCC(Nc1ccc(OC)cc1)OC. The Morgan fingerprint density at radius 3 is 2.29 bits per heavy atom. The molecule has 1 unspecified atom stereocenters. The second-order valence-electron chi connectivity index (χ2n) is 3.01. The summed E-state index contributed by atoms with van der Waals surface area (Å²) < 4.78 is 10.3. The van der Waals surface area contributed by atoms with Crippen LogP contribution in [-0.2, 0) is 4.74 Å². The van der Waals surface area contributed by atoms with Gasteiger partial charge in [-0.1, -0.05) is 6.92 Å². The standard InChI is InChI=1S/C11H17NO2/c1-4-11(14-3)12-9-5-7-10(13-2)8-6-9/h5-8,11-12H,4H2,1-3H3. The fourth-order valence-electron chi connectivity index (χ4n) is 1.20. The van der Waals surface area contributed by atoms with Crippen LogP contribution in [0.2, 0.25) is 0 Å². The Kier molecular flexibility index (Phi) is 4.26. The van der Waals surface area contributed by atoms with Gasteiger partial charge in [-0.3, -0.25) is 0 Å². The van der Waals surface area contributed by atoms with E-state index >= 15 is 0 Å². The zero-order valence-electron chi connectivity index (χ0n) is 8.91. The monoisotopic (exact) mass is 195 g/mol. The van der Waals surface area contributed by atoms with Gasteiger partial charge in [0.25, 0.3) is 0 Å². The maximum Gasteiger partial charge on any atom is 0.127 e. The molecule has 1 atom stereocenters. The summed E-state index contributed by atoms with van der Waals surface area (Å²) in [6.45, 7) is 2.07. The quantitative estimate of drug-likeness (QED) is 0.732. The van der Waals surface area contributed by atoms with E-state index in [4.69, 9.17) is 9.47 Å². The maximum absolute atomic E-state index is 5.22. The predicted molar refractivity (Wildman–Crippen MR) is 57.7 cm³/mol. The molecule has 0 radical (unpaired) electrons. The Labute approximate surface area is 85.0 Å². The molecule has 0 aliphatic heterocycles. The fraction of sp³-hybridized carbons (Fsp3) is 0.455. The highest BCUT2D eigenvalue weighted by Crippen LogP contribution is 2.16. The van der Waals surface area contributed by atoms with E-state index in [1.807, 2.05) is 24.3 Å². The van der Waals surface area contributed by atoms with E-state index in [0.717, 1.165) is 17.9 Å². The molecule has 1 N–H and O–H groups in total. The number of benzene rings is 1. The zero-order chi connectivity index (χ0) is 10.4. The molecule has 1 rings (SSSR count). The van der Waals surface area contributed by atoms with Gasteiger partial charge in [-0.05, 0) is 30.7 Å². The Bertz CT molecular complexity index is 254. The van der Waals surface area contributed by atoms with Crippen LogP contribution in [0, 0.1) is 0 Å². The van der Waals surface area contributed by atoms with Gasteiger partial charge in [0.1, 0.15) is 12.0 Å². The van der Waals surface area contributed by atoms with Crippen LogP contribution in [0.4, 0.5) is 5.69 Å². The number of rotatable bonds is 5. The summed E-state index contributed by atoms with van der Waals surface area (Å²) in [5, 5.41) is 3.25. The summed E-state index contributed by atoms with van der Waals surface area (Å²) in [7, 11) is 3.36. The summed E-state index contributed by atoms with van der Waals surface area (Å²) in [6.07, 6.45) is 1.01. The van der Waals surface area contributed by atoms with Crippen molar-refractivity contribution < 1.29 is 9.47 Å². The summed E-state index contributed by atoms with van der Waals surface area (Å²) >= 11 is 0. The molecule has 1 aromatic rings. The van der Waals surface area contributed by atoms with Crippen LogP contribution < -0.4 is 10.1 Å². The minimum absolute atomic E-state index is 0.0726. The van der Waals surface area contributed by atoms with Crippen LogP contribution in [0.25, 0.3) is 0 Å². The Balaban J connectivity index is 2.58. The zero-order valence-corrected chi connectivity index (χ0v) is 8.91. The van der Waals surface area contributed by atoms with E-state index in [2.05, 4.69) is 12.2 Å².